The van der Waals surface area contributed by atoms with Crippen molar-refractivity contribution in [1.82, 2.24) is 25.0 Å². The van der Waals surface area contributed by atoms with Gasteiger partial charge < -0.3 is 15.4 Å². The number of ether oxygens (including phenoxy) is 1. The van der Waals surface area contributed by atoms with Crippen LogP contribution in [0.1, 0.15) is 57.2 Å². The molecule has 0 bridgehead atoms. The molecule has 2 saturated carbocycles. The second kappa shape index (κ2) is 8.49. The Morgan fingerprint density at radius 1 is 1.20 bits per heavy atom. The Labute approximate surface area is 178 Å². The molecule has 3 aliphatic rings. The maximum Gasteiger partial charge on any atom is 0.227 e. The number of anilines is 2. The molecule has 2 N–H and O–H groups in total. The monoisotopic (exact) mass is 411 g/mol. The molecular formula is C22H33N7O. The summed E-state index contributed by atoms with van der Waals surface area (Å²) in [5, 5.41) is 8.96. The minimum Gasteiger partial charge on any atom is -0.384 e. The predicted molar refractivity (Wildman–Crippen MR) is 115 cm³/mol. The molecule has 0 amide bonds. The van der Waals surface area contributed by atoms with E-state index < -0.39 is 0 Å². The molecule has 0 aromatic carbocycles. The van der Waals surface area contributed by atoms with Gasteiger partial charge in [0.05, 0.1) is 17.8 Å². The highest BCUT2D eigenvalue weighted by Gasteiger charge is 2.44. The van der Waals surface area contributed by atoms with Crippen LogP contribution in [-0.2, 0) is 11.2 Å². The van der Waals surface area contributed by atoms with Crippen LogP contribution < -0.4 is 10.6 Å². The molecule has 4 atom stereocenters. The Hall–Kier alpha value is -2.22. The van der Waals surface area contributed by atoms with Gasteiger partial charge in [-0.15, -0.1) is 5.10 Å². The Morgan fingerprint density at radius 3 is 2.80 bits per heavy atom. The number of hydrogen-bond donors (Lipinski definition) is 1. The number of nitrogens with two attached hydrogens (primary N) is 1. The van der Waals surface area contributed by atoms with E-state index in [2.05, 4.69) is 43.0 Å². The number of aryl methyl sites for hydroxylation is 1. The van der Waals surface area contributed by atoms with Crippen molar-refractivity contribution >= 4 is 11.8 Å². The molecule has 5 rings (SSSR count). The molecule has 0 spiro atoms. The fourth-order valence-electron chi connectivity index (χ4n) is 5.02. The second-order valence-electron chi connectivity index (χ2n) is 9.35. The molecule has 162 valence electrons. The summed E-state index contributed by atoms with van der Waals surface area (Å²) in [5.41, 5.74) is 6.99. The minimum atomic E-state index is 0.203. The van der Waals surface area contributed by atoms with Crippen LogP contribution in [-0.4, -0.2) is 50.8 Å². The zero-order valence-electron chi connectivity index (χ0n) is 17.9. The maximum atomic E-state index is 6.47. The zero-order valence-corrected chi connectivity index (χ0v) is 17.9. The molecule has 30 heavy (non-hydrogen) atoms. The summed E-state index contributed by atoms with van der Waals surface area (Å²) in [4.78, 5) is 11.2. The van der Waals surface area contributed by atoms with E-state index in [1.807, 2.05) is 0 Å². The molecular weight excluding hydrogens is 378 g/mol. The van der Waals surface area contributed by atoms with Gasteiger partial charge in [0.25, 0.3) is 0 Å². The van der Waals surface area contributed by atoms with Crippen LogP contribution in [0.5, 0.6) is 0 Å². The Morgan fingerprint density at radius 2 is 2.03 bits per heavy atom. The summed E-state index contributed by atoms with van der Waals surface area (Å²) in [5.74, 6) is 3.22. The van der Waals surface area contributed by atoms with Crippen molar-refractivity contribution in [2.45, 2.75) is 64.0 Å². The molecule has 3 heterocycles. The van der Waals surface area contributed by atoms with Gasteiger partial charge in [-0.3, -0.25) is 0 Å². The van der Waals surface area contributed by atoms with E-state index in [9.17, 15) is 0 Å². The first-order valence-electron chi connectivity index (χ1n) is 11.6. The second-order valence-corrected chi connectivity index (χ2v) is 9.35. The van der Waals surface area contributed by atoms with Gasteiger partial charge >= 0.3 is 0 Å². The average Bonchev–Trinajstić information content (AvgIpc) is 3.30. The molecule has 2 aromatic heterocycles. The lowest BCUT2D eigenvalue weighted by Crippen LogP contribution is -2.38. The van der Waals surface area contributed by atoms with Gasteiger partial charge in [-0.1, -0.05) is 18.6 Å². The Balaban J connectivity index is 1.32. The highest BCUT2D eigenvalue weighted by atomic mass is 16.5. The summed E-state index contributed by atoms with van der Waals surface area (Å²) in [6.07, 6.45) is 12.2. The zero-order chi connectivity index (χ0) is 20.5. The summed E-state index contributed by atoms with van der Waals surface area (Å²) >= 11 is 0. The Bertz CT molecular complexity index is 852. The first-order valence-corrected chi connectivity index (χ1v) is 11.6. The number of fused-ring (bicyclic) bond motifs is 1. The highest BCUT2D eigenvalue weighted by Crippen LogP contribution is 2.43. The van der Waals surface area contributed by atoms with E-state index in [-0.39, 0.29) is 12.1 Å². The summed E-state index contributed by atoms with van der Waals surface area (Å²) < 4.78 is 8.57. The highest BCUT2D eigenvalue weighted by molar-refractivity contribution is 5.39. The molecule has 8 heteroatoms. The van der Waals surface area contributed by atoms with Crippen LogP contribution in [0.2, 0.25) is 0 Å². The van der Waals surface area contributed by atoms with Crippen molar-refractivity contribution in [1.29, 1.82) is 0 Å². The van der Waals surface area contributed by atoms with Crippen molar-refractivity contribution in [2.75, 3.05) is 30.3 Å². The van der Waals surface area contributed by atoms with Crippen molar-refractivity contribution in [2.24, 2.45) is 17.8 Å². The van der Waals surface area contributed by atoms with E-state index in [1.54, 1.807) is 12.3 Å². The fourth-order valence-corrected chi connectivity index (χ4v) is 5.02. The average molecular weight is 412 g/mol. The number of hydrogen-bond acceptors (Lipinski definition) is 7. The van der Waals surface area contributed by atoms with Crippen molar-refractivity contribution < 1.29 is 4.74 Å². The minimum absolute atomic E-state index is 0.203. The van der Waals surface area contributed by atoms with Crippen molar-refractivity contribution in [3.63, 3.8) is 0 Å². The first kappa shape index (κ1) is 19.7. The van der Waals surface area contributed by atoms with Gasteiger partial charge in [0, 0.05) is 32.1 Å². The van der Waals surface area contributed by atoms with Gasteiger partial charge in [0.2, 0.25) is 5.95 Å². The third kappa shape index (κ3) is 4.29. The molecule has 8 nitrogen and oxygen atoms in total. The van der Waals surface area contributed by atoms with E-state index >= 15 is 0 Å². The van der Waals surface area contributed by atoms with Crippen LogP contribution in [0.15, 0.2) is 18.5 Å². The van der Waals surface area contributed by atoms with Crippen LogP contribution in [0, 0.1) is 17.8 Å². The molecule has 0 radical (unpaired) electrons. The quantitative estimate of drug-likeness (QED) is 0.713. The summed E-state index contributed by atoms with van der Waals surface area (Å²) in [7, 11) is 0. The molecule has 3 fully saturated rings. The van der Waals surface area contributed by atoms with Crippen molar-refractivity contribution in [3.05, 3.63) is 24.2 Å². The van der Waals surface area contributed by atoms with E-state index in [0.29, 0.717) is 17.7 Å². The van der Waals surface area contributed by atoms with Crippen LogP contribution >= 0.6 is 0 Å². The third-order valence-corrected chi connectivity index (χ3v) is 6.96. The fraction of sp³-hybridized carbons (Fsp3) is 0.727. The SMILES string of the molecule is CCCCc1cn([C@@H]2C[C@@H]3CN(c4nccc(N)n4)C[C@@H]3C[C@H]2OCC2CC2)nn1. The predicted octanol–water partition coefficient (Wildman–Crippen LogP) is 2.88. The van der Waals surface area contributed by atoms with Crippen LogP contribution in [0.3, 0.4) is 0 Å². The van der Waals surface area contributed by atoms with Crippen molar-refractivity contribution in [3.8, 4) is 0 Å². The number of aromatic nitrogens is 5. The summed E-state index contributed by atoms with van der Waals surface area (Å²) in [6.45, 7) is 5.04. The molecule has 0 unspecified atom stereocenters. The lowest BCUT2D eigenvalue weighted by atomic mass is 9.77. The molecule has 2 aromatic rings. The van der Waals surface area contributed by atoms with Gasteiger partial charge in [0.1, 0.15) is 5.82 Å². The number of nitrogens with zero attached hydrogens (tertiary/aromatic N) is 6. The van der Waals surface area contributed by atoms with Gasteiger partial charge in [-0.25, -0.2) is 9.67 Å². The first-order chi connectivity index (χ1) is 14.7. The third-order valence-electron chi connectivity index (χ3n) is 6.96. The van der Waals surface area contributed by atoms with Gasteiger partial charge in [-0.05, 0) is 62.3 Å². The number of rotatable bonds is 8. The van der Waals surface area contributed by atoms with Crippen LogP contribution in [0.25, 0.3) is 0 Å². The van der Waals surface area contributed by atoms with Gasteiger partial charge in [-0.2, -0.15) is 4.98 Å². The number of nitrogen functional groups attached to an aromatic ring is 1. The molecule has 1 saturated heterocycles. The largest absolute Gasteiger partial charge is 0.384 e. The van der Waals surface area contributed by atoms with E-state index in [1.165, 1.54) is 19.3 Å². The lowest BCUT2D eigenvalue weighted by molar-refractivity contribution is -0.0375. The van der Waals surface area contributed by atoms with Gasteiger partial charge in [0.15, 0.2) is 0 Å². The van der Waals surface area contributed by atoms with E-state index in [0.717, 1.165) is 62.9 Å². The smallest absolute Gasteiger partial charge is 0.227 e. The topological polar surface area (TPSA) is 95.0 Å². The molecule has 1 aliphatic heterocycles. The lowest BCUT2D eigenvalue weighted by Gasteiger charge is -2.37. The standard InChI is InChI=1S/C22H33N7O/c1-2-3-4-18-13-29(27-26-18)19-9-16-11-28(22-24-8-7-21(23)25-22)12-17(16)10-20(19)30-14-15-5-6-15/h7-8,13,15-17,19-20H,2-6,9-12,14H2,1H3,(H2,23,24,25)/t16-,17+,19-,20-/m1/s1. The summed E-state index contributed by atoms with van der Waals surface area (Å²) in [6, 6.07) is 2.00. The maximum absolute atomic E-state index is 6.47. The Kier molecular flexibility index (Phi) is 5.58. The van der Waals surface area contributed by atoms with E-state index in [4.69, 9.17) is 10.5 Å². The molecule has 2 aliphatic carbocycles. The number of unbranched alkanes of at least 4 members (excludes halogenated alkanes) is 1. The van der Waals surface area contributed by atoms with Crippen LogP contribution in [0.4, 0.5) is 11.8 Å². The normalized spacial score (nSPS) is 28.6.